The molecule has 0 radical (unpaired) electrons. The van der Waals surface area contributed by atoms with E-state index in [0.29, 0.717) is 11.4 Å². The molecular formula is C20H20N6O. The van der Waals surface area contributed by atoms with Crippen LogP contribution in [0.2, 0.25) is 0 Å². The lowest BCUT2D eigenvalue weighted by molar-refractivity contribution is 0.0918. The number of para-hydroxylation sites is 2. The molecule has 136 valence electrons. The standard InChI is InChI=1S/C20H20N6O/c1-12(2)18(19-22-14-7-3-4-8-15(14)23-19)24-20(27)17-10-16(25-26-17)13-6-5-9-21-11-13/h3-12,18H,1-2H3,(H,22,23)(H,24,27)(H,25,26). The third kappa shape index (κ3) is 3.44. The summed E-state index contributed by atoms with van der Waals surface area (Å²) < 4.78 is 0. The van der Waals surface area contributed by atoms with Crippen LogP contribution in [0.25, 0.3) is 22.3 Å². The van der Waals surface area contributed by atoms with Crippen LogP contribution < -0.4 is 5.32 Å². The summed E-state index contributed by atoms with van der Waals surface area (Å²) in [5, 5.41) is 10.1. The number of H-pyrrole nitrogens is 2. The third-order valence-electron chi connectivity index (χ3n) is 4.44. The van der Waals surface area contributed by atoms with Gasteiger partial charge in [-0.25, -0.2) is 4.98 Å². The number of benzene rings is 1. The van der Waals surface area contributed by atoms with Gasteiger partial charge >= 0.3 is 0 Å². The molecule has 1 amide bonds. The van der Waals surface area contributed by atoms with Crippen molar-refractivity contribution in [3.05, 3.63) is 66.4 Å². The molecule has 0 bridgehead atoms. The van der Waals surface area contributed by atoms with Gasteiger partial charge in [-0.15, -0.1) is 0 Å². The SMILES string of the molecule is CC(C)C(NC(=O)c1cc(-c2cccnc2)n[nH]1)c1nc2ccccc2[nH]1. The number of carbonyl (C=O) groups is 1. The second-order valence-electron chi connectivity index (χ2n) is 6.74. The minimum Gasteiger partial charge on any atom is -0.341 e. The summed E-state index contributed by atoms with van der Waals surface area (Å²) in [5.74, 6) is 0.679. The summed E-state index contributed by atoms with van der Waals surface area (Å²) in [6, 6.07) is 13.0. The minimum absolute atomic E-state index is 0.162. The minimum atomic E-state index is -0.241. The molecule has 7 heteroatoms. The number of imidazole rings is 1. The molecule has 0 saturated carbocycles. The zero-order valence-corrected chi connectivity index (χ0v) is 15.1. The number of aromatic nitrogens is 5. The zero-order chi connectivity index (χ0) is 18.8. The molecule has 0 spiro atoms. The van der Waals surface area contributed by atoms with Crippen LogP contribution in [0, 0.1) is 5.92 Å². The third-order valence-corrected chi connectivity index (χ3v) is 4.44. The van der Waals surface area contributed by atoms with E-state index in [2.05, 4.69) is 30.5 Å². The maximum Gasteiger partial charge on any atom is 0.269 e. The van der Waals surface area contributed by atoms with Crippen molar-refractivity contribution < 1.29 is 4.79 Å². The molecule has 3 aromatic heterocycles. The molecule has 0 saturated heterocycles. The quantitative estimate of drug-likeness (QED) is 0.507. The number of nitrogens with zero attached hydrogens (tertiary/aromatic N) is 3. The van der Waals surface area contributed by atoms with E-state index in [4.69, 9.17) is 0 Å². The highest BCUT2D eigenvalue weighted by Crippen LogP contribution is 2.23. The first-order chi connectivity index (χ1) is 13.1. The Balaban J connectivity index is 1.57. The predicted molar refractivity (Wildman–Crippen MR) is 103 cm³/mol. The van der Waals surface area contributed by atoms with Gasteiger partial charge in [0.25, 0.3) is 5.91 Å². The number of fused-ring (bicyclic) bond motifs is 1. The number of pyridine rings is 1. The molecule has 7 nitrogen and oxygen atoms in total. The van der Waals surface area contributed by atoms with Crippen molar-refractivity contribution in [1.82, 2.24) is 30.5 Å². The molecule has 4 aromatic rings. The van der Waals surface area contributed by atoms with Crippen molar-refractivity contribution in [2.45, 2.75) is 19.9 Å². The summed E-state index contributed by atoms with van der Waals surface area (Å²) in [4.78, 5) is 24.8. The lowest BCUT2D eigenvalue weighted by Gasteiger charge is -2.19. The average molecular weight is 360 g/mol. The van der Waals surface area contributed by atoms with Gasteiger partial charge in [0.2, 0.25) is 0 Å². The number of hydrogen-bond acceptors (Lipinski definition) is 4. The lowest BCUT2D eigenvalue weighted by atomic mass is 10.0. The van der Waals surface area contributed by atoms with E-state index in [1.807, 2.05) is 50.2 Å². The summed E-state index contributed by atoms with van der Waals surface area (Å²) in [6.45, 7) is 4.10. The van der Waals surface area contributed by atoms with Gasteiger partial charge in [-0.2, -0.15) is 5.10 Å². The Labute approximate surface area is 156 Å². The smallest absolute Gasteiger partial charge is 0.269 e. The Bertz CT molecular complexity index is 1030. The van der Waals surface area contributed by atoms with Gasteiger partial charge in [-0.05, 0) is 36.2 Å². The number of amides is 1. The Hall–Kier alpha value is -3.48. The zero-order valence-electron chi connectivity index (χ0n) is 15.1. The molecule has 1 unspecified atom stereocenters. The van der Waals surface area contributed by atoms with E-state index in [1.54, 1.807) is 18.5 Å². The van der Waals surface area contributed by atoms with Gasteiger partial charge in [0, 0.05) is 18.0 Å². The van der Waals surface area contributed by atoms with Crippen LogP contribution >= 0.6 is 0 Å². The van der Waals surface area contributed by atoms with Gasteiger partial charge in [-0.1, -0.05) is 26.0 Å². The molecule has 0 aliphatic heterocycles. The second kappa shape index (κ2) is 7.03. The van der Waals surface area contributed by atoms with Crippen molar-refractivity contribution in [1.29, 1.82) is 0 Å². The van der Waals surface area contributed by atoms with Gasteiger partial charge in [0.1, 0.15) is 11.5 Å². The Morgan fingerprint density at radius 3 is 2.74 bits per heavy atom. The Morgan fingerprint density at radius 2 is 2.00 bits per heavy atom. The monoisotopic (exact) mass is 360 g/mol. The van der Waals surface area contributed by atoms with Gasteiger partial charge in [-0.3, -0.25) is 14.9 Å². The van der Waals surface area contributed by atoms with Crippen LogP contribution in [0.1, 0.15) is 36.2 Å². The first kappa shape index (κ1) is 17.0. The van der Waals surface area contributed by atoms with Crippen LogP contribution in [0.3, 0.4) is 0 Å². The Kier molecular flexibility index (Phi) is 4.42. The van der Waals surface area contributed by atoms with Crippen molar-refractivity contribution in [3.63, 3.8) is 0 Å². The number of nitrogens with one attached hydrogen (secondary N) is 3. The number of hydrogen-bond donors (Lipinski definition) is 3. The molecule has 4 rings (SSSR count). The van der Waals surface area contributed by atoms with Crippen molar-refractivity contribution >= 4 is 16.9 Å². The summed E-state index contributed by atoms with van der Waals surface area (Å²) in [6.07, 6.45) is 3.41. The normalized spacial score (nSPS) is 12.4. The maximum absolute atomic E-state index is 12.8. The van der Waals surface area contributed by atoms with Crippen molar-refractivity contribution in [3.8, 4) is 11.3 Å². The number of carbonyl (C=O) groups excluding carboxylic acids is 1. The molecule has 0 aliphatic carbocycles. The largest absolute Gasteiger partial charge is 0.341 e. The first-order valence-electron chi connectivity index (χ1n) is 8.83. The molecule has 27 heavy (non-hydrogen) atoms. The lowest BCUT2D eigenvalue weighted by Crippen LogP contribution is -2.32. The van der Waals surface area contributed by atoms with Crippen molar-refractivity contribution in [2.75, 3.05) is 0 Å². The average Bonchev–Trinajstić information content (AvgIpc) is 3.33. The molecule has 1 aromatic carbocycles. The fourth-order valence-electron chi connectivity index (χ4n) is 2.99. The van der Waals surface area contributed by atoms with E-state index in [9.17, 15) is 4.79 Å². The van der Waals surface area contributed by atoms with E-state index in [1.165, 1.54) is 0 Å². The van der Waals surface area contributed by atoms with E-state index < -0.39 is 0 Å². The molecule has 3 N–H and O–H groups in total. The van der Waals surface area contributed by atoms with Crippen LogP contribution in [-0.4, -0.2) is 31.1 Å². The first-order valence-corrected chi connectivity index (χ1v) is 8.83. The molecule has 1 atom stereocenters. The number of rotatable bonds is 5. The molecular weight excluding hydrogens is 340 g/mol. The van der Waals surface area contributed by atoms with Crippen LogP contribution in [0.4, 0.5) is 0 Å². The van der Waals surface area contributed by atoms with Crippen LogP contribution in [-0.2, 0) is 0 Å². The predicted octanol–water partition coefficient (Wildman–Crippen LogP) is 3.48. The summed E-state index contributed by atoms with van der Waals surface area (Å²) in [7, 11) is 0. The molecule has 0 fully saturated rings. The van der Waals surface area contributed by atoms with Crippen molar-refractivity contribution in [2.24, 2.45) is 5.92 Å². The van der Waals surface area contributed by atoms with Crippen LogP contribution in [0.5, 0.6) is 0 Å². The van der Waals surface area contributed by atoms with Crippen LogP contribution in [0.15, 0.2) is 54.9 Å². The van der Waals surface area contributed by atoms with E-state index >= 15 is 0 Å². The highest BCUT2D eigenvalue weighted by Gasteiger charge is 2.23. The van der Waals surface area contributed by atoms with Gasteiger partial charge in [0.15, 0.2) is 0 Å². The van der Waals surface area contributed by atoms with E-state index in [0.717, 1.165) is 22.4 Å². The highest BCUT2D eigenvalue weighted by molar-refractivity contribution is 5.93. The van der Waals surface area contributed by atoms with Gasteiger partial charge in [0.05, 0.1) is 22.8 Å². The highest BCUT2D eigenvalue weighted by atomic mass is 16.2. The fourth-order valence-corrected chi connectivity index (χ4v) is 2.99. The molecule has 3 heterocycles. The number of aromatic amines is 2. The molecule has 0 aliphatic rings. The summed E-state index contributed by atoms with van der Waals surface area (Å²) >= 11 is 0. The topological polar surface area (TPSA) is 99.3 Å². The fraction of sp³-hybridized carbons (Fsp3) is 0.200. The van der Waals surface area contributed by atoms with Gasteiger partial charge < -0.3 is 10.3 Å². The van der Waals surface area contributed by atoms with E-state index in [-0.39, 0.29) is 17.9 Å². The Morgan fingerprint density at radius 1 is 1.15 bits per heavy atom. The maximum atomic E-state index is 12.8. The second-order valence-corrected chi connectivity index (χ2v) is 6.74. The summed E-state index contributed by atoms with van der Waals surface area (Å²) in [5.41, 5.74) is 3.76.